The molecule has 0 aliphatic heterocycles. The summed E-state index contributed by atoms with van der Waals surface area (Å²) >= 11 is 7.40. The molecule has 3 rings (SSSR count). The maximum Gasteiger partial charge on any atom is 0.337 e. The average molecular weight is 487 g/mol. The minimum atomic E-state index is -0.515. The zero-order chi connectivity index (χ0) is 23.8. The van der Waals surface area contributed by atoms with Crippen LogP contribution in [0.1, 0.15) is 21.7 Å². The molecule has 0 radical (unpaired) electrons. The summed E-state index contributed by atoms with van der Waals surface area (Å²) < 4.78 is 11.8. The second-order valence-corrected chi connectivity index (χ2v) is 8.20. The molecule has 0 bridgehead atoms. The van der Waals surface area contributed by atoms with E-state index in [0.717, 1.165) is 17.1 Å². The number of hydrogen-bond donors (Lipinski definition) is 1. The van der Waals surface area contributed by atoms with Gasteiger partial charge in [0, 0.05) is 13.0 Å². The zero-order valence-electron chi connectivity index (χ0n) is 18.2. The Morgan fingerprint density at radius 2 is 1.94 bits per heavy atom. The molecule has 1 N–H and O–H groups in total. The summed E-state index contributed by atoms with van der Waals surface area (Å²) in [6.45, 7) is 4.31. The van der Waals surface area contributed by atoms with Gasteiger partial charge in [0.1, 0.15) is 11.6 Å². The molecule has 2 aromatic carbocycles. The number of nitrogens with zero attached hydrogens (tertiary/aromatic N) is 3. The highest BCUT2D eigenvalue weighted by Crippen LogP contribution is 2.25. The summed E-state index contributed by atoms with van der Waals surface area (Å²) in [5, 5.41) is 12.2. The van der Waals surface area contributed by atoms with E-state index in [2.05, 4.69) is 22.1 Å². The summed E-state index contributed by atoms with van der Waals surface area (Å²) in [5.74, 6) is 0.811. The molecular formula is C23H23ClN4O4S. The third-order valence-electron chi connectivity index (χ3n) is 4.62. The van der Waals surface area contributed by atoms with Gasteiger partial charge < -0.3 is 19.4 Å². The van der Waals surface area contributed by atoms with Crippen LogP contribution in [-0.2, 0) is 22.5 Å². The van der Waals surface area contributed by atoms with Crippen molar-refractivity contribution < 1.29 is 19.1 Å². The Balaban J connectivity index is 1.67. The van der Waals surface area contributed by atoms with Crippen molar-refractivity contribution in [2.75, 3.05) is 25.3 Å². The molecule has 0 saturated heterocycles. The lowest BCUT2D eigenvalue weighted by atomic mass is 10.1. The Morgan fingerprint density at radius 3 is 2.61 bits per heavy atom. The normalized spacial score (nSPS) is 10.5. The number of esters is 1. The van der Waals surface area contributed by atoms with E-state index in [4.69, 9.17) is 21.1 Å². The van der Waals surface area contributed by atoms with Gasteiger partial charge in [0.15, 0.2) is 5.16 Å². The van der Waals surface area contributed by atoms with Crippen molar-refractivity contribution in [3.8, 4) is 5.75 Å². The highest BCUT2D eigenvalue weighted by Gasteiger charge is 2.16. The van der Waals surface area contributed by atoms with E-state index >= 15 is 0 Å². The maximum atomic E-state index is 12.5. The Kier molecular flexibility index (Phi) is 8.51. The molecule has 3 aromatic rings. The molecule has 0 unspecified atom stereocenters. The Labute approximate surface area is 200 Å². The second kappa shape index (κ2) is 11.5. The summed E-state index contributed by atoms with van der Waals surface area (Å²) in [6, 6.07) is 12.3. The average Bonchev–Trinajstić information content (AvgIpc) is 3.20. The number of nitrogens with one attached hydrogen (secondary N) is 1. The quantitative estimate of drug-likeness (QED) is 0.260. The van der Waals surface area contributed by atoms with Crippen LogP contribution >= 0.6 is 23.4 Å². The van der Waals surface area contributed by atoms with E-state index in [-0.39, 0.29) is 11.7 Å². The van der Waals surface area contributed by atoms with Crippen molar-refractivity contribution in [2.24, 2.45) is 0 Å². The lowest BCUT2D eigenvalue weighted by Crippen LogP contribution is -2.16. The number of anilines is 1. The van der Waals surface area contributed by atoms with Gasteiger partial charge in [-0.15, -0.1) is 16.8 Å². The number of hydrogen-bond acceptors (Lipinski definition) is 7. The van der Waals surface area contributed by atoms with Crippen molar-refractivity contribution in [1.82, 2.24) is 14.8 Å². The van der Waals surface area contributed by atoms with Crippen LogP contribution in [0.25, 0.3) is 0 Å². The maximum absolute atomic E-state index is 12.5. The topological polar surface area (TPSA) is 95.3 Å². The number of ether oxygens (including phenoxy) is 2. The number of carbonyl (C=O) groups is 2. The van der Waals surface area contributed by atoms with Crippen LogP contribution in [0.15, 0.2) is 60.3 Å². The molecule has 10 heteroatoms. The number of thioether (sulfide) groups is 1. The van der Waals surface area contributed by atoms with Crippen molar-refractivity contribution in [3.63, 3.8) is 0 Å². The summed E-state index contributed by atoms with van der Waals surface area (Å²) in [4.78, 5) is 24.2. The van der Waals surface area contributed by atoms with E-state index in [1.54, 1.807) is 13.2 Å². The summed E-state index contributed by atoms with van der Waals surface area (Å²) in [6.07, 6.45) is 2.33. The molecule has 0 atom stereocenters. The third kappa shape index (κ3) is 6.36. The van der Waals surface area contributed by atoms with Crippen LogP contribution in [0.3, 0.4) is 0 Å². The third-order valence-corrected chi connectivity index (χ3v) is 5.92. The van der Waals surface area contributed by atoms with Gasteiger partial charge in [-0.2, -0.15) is 0 Å². The molecule has 0 spiro atoms. The van der Waals surface area contributed by atoms with Crippen molar-refractivity contribution >= 4 is 40.9 Å². The number of aromatic nitrogens is 3. The monoisotopic (exact) mass is 486 g/mol. The van der Waals surface area contributed by atoms with Gasteiger partial charge >= 0.3 is 5.97 Å². The zero-order valence-corrected chi connectivity index (χ0v) is 19.8. The Bertz CT molecular complexity index is 1150. The fourth-order valence-electron chi connectivity index (χ4n) is 2.98. The van der Waals surface area contributed by atoms with E-state index in [1.807, 2.05) is 28.8 Å². The Morgan fingerprint density at radius 1 is 1.18 bits per heavy atom. The van der Waals surface area contributed by atoms with Crippen LogP contribution in [0.4, 0.5) is 5.69 Å². The van der Waals surface area contributed by atoms with Crippen molar-refractivity contribution in [2.45, 2.75) is 18.1 Å². The van der Waals surface area contributed by atoms with Crippen LogP contribution in [0.2, 0.25) is 5.02 Å². The standard InChI is InChI=1S/C23H23ClN4O4S/c1-4-11-28-20(12-15-5-8-17(31-2)9-6-15)26-27-23(28)33-14-21(29)25-19-13-16(22(30)32-3)7-10-18(19)24/h4-10,13H,1,11-12,14H2,2-3H3,(H,25,29). The SMILES string of the molecule is C=CCn1c(Cc2ccc(OC)cc2)nnc1SCC(=O)Nc1cc(C(=O)OC)ccc1Cl. The highest BCUT2D eigenvalue weighted by atomic mass is 35.5. The predicted molar refractivity (Wildman–Crippen MR) is 128 cm³/mol. The van der Waals surface area contributed by atoms with Gasteiger partial charge in [0.2, 0.25) is 5.91 Å². The first-order valence-corrected chi connectivity index (χ1v) is 11.3. The smallest absolute Gasteiger partial charge is 0.337 e. The number of rotatable bonds is 10. The highest BCUT2D eigenvalue weighted by molar-refractivity contribution is 7.99. The first kappa shape index (κ1) is 24.3. The number of methoxy groups -OCH3 is 2. The fourth-order valence-corrected chi connectivity index (χ4v) is 3.91. The number of halogens is 1. The van der Waals surface area contributed by atoms with Gasteiger partial charge in [-0.3, -0.25) is 4.79 Å². The first-order chi connectivity index (χ1) is 15.9. The van der Waals surface area contributed by atoms with E-state index in [0.29, 0.717) is 34.4 Å². The number of amides is 1. The molecule has 0 saturated carbocycles. The van der Waals surface area contributed by atoms with Gasteiger partial charge in [-0.25, -0.2) is 4.79 Å². The van der Waals surface area contributed by atoms with E-state index < -0.39 is 5.97 Å². The number of benzene rings is 2. The van der Waals surface area contributed by atoms with Crippen LogP contribution in [0.5, 0.6) is 5.75 Å². The van der Waals surface area contributed by atoms with Crippen molar-refractivity contribution in [3.05, 3.63) is 77.1 Å². The molecule has 0 fully saturated rings. The largest absolute Gasteiger partial charge is 0.497 e. The lowest BCUT2D eigenvalue weighted by Gasteiger charge is -2.10. The molecule has 0 aliphatic carbocycles. The molecule has 8 nitrogen and oxygen atoms in total. The molecular weight excluding hydrogens is 464 g/mol. The molecule has 172 valence electrons. The van der Waals surface area contributed by atoms with Gasteiger partial charge in [-0.05, 0) is 35.9 Å². The molecule has 1 aromatic heterocycles. The Hall–Kier alpha value is -3.30. The second-order valence-electron chi connectivity index (χ2n) is 6.85. The molecule has 33 heavy (non-hydrogen) atoms. The first-order valence-electron chi connectivity index (χ1n) is 9.91. The number of allylic oxidation sites excluding steroid dienone is 1. The van der Waals surface area contributed by atoms with Crippen LogP contribution in [0, 0.1) is 0 Å². The molecule has 1 heterocycles. The van der Waals surface area contributed by atoms with Crippen LogP contribution < -0.4 is 10.1 Å². The van der Waals surface area contributed by atoms with E-state index in [9.17, 15) is 9.59 Å². The molecule has 0 aliphatic rings. The number of carbonyl (C=O) groups excluding carboxylic acids is 2. The minimum Gasteiger partial charge on any atom is -0.497 e. The summed E-state index contributed by atoms with van der Waals surface area (Å²) in [7, 11) is 2.91. The van der Waals surface area contributed by atoms with E-state index in [1.165, 1.54) is 37.1 Å². The van der Waals surface area contributed by atoms with Crippen LogP contribution in [-0.4, -0.2) is 46.6 Å². The lowest BCUT2D eigenvalue weighted by molar-refractivity contribution is -0.113. The van der Waals surface area contributed by atoms with Gasteiger partial charge in [0.05, 0.1) is 36.2 Å². The van der Waals surface area contributed by atoms with Gasteiger partial charge in [0.25, 0.3) is 0 Å². The van der Waals surface area contributed by atoms with Gasteiger partial charge in [-0.1, -0.05) is 41.6 Å². The summed E-state index contributed by atoms with van der Waals surface area (Å²) in [5.41, 5.74) is 1.68. The molecule has 1 amide bonds. The predicted octanol–water partition coefficient (Wildman–Crippen LogP) is 4.23. The minimum absolute atomic E-state index is 0.0800. The fraction of sp³-hybridized carbons (Fsp3) is 0.217. The van der Waals surface area contributed by atoms with Crippen molar-refractivity contribution in [1.29, 1.82) is 0 Å².